The molecule has 0 aliphatic rings. The molecule has 0 N–H and O–H groups in total. The lowest BCUT2D eigenvalue weighted by molar-refractivity contribution is 0.567. The Balaban J connectivity index is 2.15. The molecule has 0 aliphatic carbocycles. The molecule has 14 heavy (non-hydrogen) atoms. The Morgan fingerprint density at radius 1 is 0.929 bits per heavy atom. The fourth-order valence-corrected chi connectivity index (χ4v) is 1.26. The molecule has 1 heterocycles. The lowest BCUT2D eigenvalue weighted by atomic mass is 10.2. The average molecular weight is 205 g/mol. The summed E-state index contributed by atoms with van der Waals surface area (Å²) in [5.74, 6) is 0. The van der Waals surface area contributed by atoms with E-state index < -0.39 is 0 Å². The molecular weight excluding hydrogens is 196 g/mol. The number of hydrogen-bond acceptors (Lipinski definition) is 1. The Morgan fingerprint density at radius 3 is 2.29 bits per heavy atom. The van der Waals surface area contributed by atoms with Crippen LogP contribution in [0.1, 0.15) is 11.1 Å². The third kappa shape index (κ3) is 2.27. The van der Waals surface area contributed by atoms with Gasteiger partial charge >= 0.3 is 0 Å². The molecule has 0 saturated carbocycles. The molecule has 70 valence electrons. The molecular formula is C12H9ClO. The second-order valence-electron chi connectivity index (χ2n) is 2.94. The molecule has 0 amide bonds. The highest BCUT2D eigenvalue weighted by Crippen LogP contribution is 2.12. The summed E-state index contributed by atoms with van der Waals surface area (Å²) in [5, 5.41) is 0.755. The minimum Gasteiger partial charge on any atom is -0.472 e. The van der Waals surface area contributed by atoms with E-state index in [2.05, 4.69) is 0 Å². The van der Waals surface area contributed by atoms with Gasteiger partial charge in [-0.25, -0.2) is 0 Å². The van der Waals surface area contributed by atoms with E-state index in [1.807, 2.05) is 42.5 Å². The van der Waals surface area contributed by atoms with Gasteiger partial charge in [-0.1, -0.05) is 35.9 Å². The van der Waals surface area contributed by atoms with Gasteiger partial charge in [0, 0.05) is 10.6 Å². The van der Waals surface area contributed by atoms with Crippen molar-refractivity contribution in [3.8, 4) is 0 Å². The Labute approximate surface area is 87.6 Å². The van der Waals surface area contributed by atoms with Crippen LogP contribution < -0.4 is 0 Å². The largest absolute Gasteiger partial charge is 0.472 e. The lowest BCUT2D eigenvalue weighted by Gasteiger charge is -1.92. The molecule has 2 heteroatoms. The van der Waals surface area contributed by atoms with Crippen LogP contribution in [0.3, 0.4) is 0 Å². The molecule has 0 radical (unpaired) electrons. The fourth-order valence-electron chi connectivity index (χ4n) is 1.14. The van der Waals surface area contributed by atoms with E-state index in [4.69, 9.17) is 16.0 Å². The van der Waals surface area contributed by atoms with E-state index in [1.54, 1.807) is 12.5 Å². The predicted molar refractivity (Wildman–Crippen MR) is 59.1 cm³/mol. The van der Waals surface area contributed by atoms with Crippen LogP contribution in [-0.4, -0.2) is 0 Å². The van der Waals surface area contributed by atoms with Gasteiger partial charge in [-0.15, -0.1) is 0 Å². The van der Waals surface area contributed by atoms with Gasteiger partial charge in [-0.3, -0.25) is 0 Å². The van der Waals surface area contributed by atoms with Gasteiger partial charge in [0.1, 0.15) is 0 Å². The summed E-state index contributed by atoms with van der Waals surface area (Å²) in [7, 11) is 0. The first-order chi connectivity index (χ1) is 6.84. The minimum atomic E-state index is 0.755. The van der Waals surface area contributed by atoms with Crippen molar-refractivity contribution in [3.63, 3.8) is 0 Å². The first-order valence-electron chi connectivity index (χ1n) is 4.30. The van der Waals surface area contributed by atoms with Gasteiger partial charge in [0.2, 0.25) is 0 Å². The molecule has 1 aromatic heterocycles. The Morgan fingerprint density at radius 2 is 1.64 bits per heavy atom. The first kappa shape index (κ1) is 9.10. The quantitative estimate of drug-likeness (QED) is 0.718. The van der Waals surface area contributed by atoms with Crippen LogP contribution in [0.5, 0.6) is 0 Å². The standard InChI is InChI=1S/C12H9ClO/c13-12-5-3-10(4-6-12)1-2-11-7-8-14-9-11/h1-9H/b2-1+. The van der Waals surface area contributed by atoms with Crippen molar-refractivity contribution >= 4 is 23.8 Å². The van der Waals surface area contributed by atoms with Crippen molar-refractivity contribution in [1.82, 2.24) is 0 Å². The number of rotatable bonds is 2. The van der Waals surface area contributed by atoms with Crippen LogP contribution in [0.15, 0.2) is 47.3 Å². The van der Waals surface area contributed by atoms with E-state index in [0.29, 0.717) is 0 Å². The summed E-state index contributed by atoms with van der Waals surface area (Å²) in [6.45, 7) is 0. The van der Waals surface area contributed by atoms with E-state index in [0.717, 1.165) is 16.1 Å². The number of furan rings is 1. The SMILES string of the molecule is Clc1ccc(/C=C/c2ccoc2)cc1. The molecule has 0 bridgehead atoms. The van der Waals surface area contributed by atoms with E-state index in [-0.39, 0.29) is 0 Å². The summed E-state index contributed by atoms with van der Waals surface area (Å²) >= 11 is 5.77. The molecule has 1 aromatic carbocycles. The highest BCUT2D eigenvalue weighted by Gasteiger charge is 1.89. The summed E-state index contributed by atoms with van der Waals surface area (Å²) in [6, 6.07) is 9.59. The van der Waals surface area contributed by atoms with Gasteiger partial charge in [0.25, 0.3) is 0 Å². The van der Waals surface area contributed by atoms with E-state index >= 15 is 0 Å². The number of halogens is 1. The first-order valence-corrected chi connectivity index (χ1v) is 4.68. The predicted octanol–water partition coefficient (Wildman–Crippen LogP) is 4.10. The van der Waals surface area contributed by atoms with Crippen molar-refractivity contribution < 1.29 is 4.42 Å². The lowest BCUT2D eigenvalue weighted by Crippen LogP contribution is -1.69. The van der Waals surface area contributed by atoms with Crippen molar-refractivity contribution in [3.05, 3.63) is 59.0 Å². The molecule has 0 fully saturated rings. The molecule has 0 aliphatic heterocycles. The van der Waals surface area contributed by atoms with E-state index in [1.165, 1.54) is 0 Å². The van der Waals surface area contributed by atoms with Gasteiger partial charge in [-0.05, 0) is 23.8 Å². The molecule has 0 spiro atoms. The van der Waals surface area contributed by atoms with Crippen molar-refractivity contribution in [2.45, 2.75) is 0 Å². The maximum absolute atomic E-state index is 5.77. The number of hydrogen-bond donors (Lipinski definition) is 0. The Bertz CT molecular complexity index is 412. The molecule has 2 aromatic rings. The molecule has 0 saturated heterocycles. The van der Waals surface area contributed by atoms with Gasteiger partial charge in [0.05, 0.1) is 12.5 Å². The molecule has 0 unspecified atom stereocenters. The van der Waals surface area contributed by atoms with Crippen molar-refractivity contribution in [2.24, 2.45) is 0 Å². The van der Waals surface area contributed by atoms with Crippen LogP contribution in [0.25, 0.3) is 12.2 Å². The Kier molecular flexibility index (Phi) is 2.70. The van der Waals surface area contributed by atoms with Crippen LogP contribution >= 0.6 is 11.6 Å². The minimum absolute atomic E-state index is 0.755. The average Bonchev–Trinajstić information content (AvgIpc) is 2.70. The maximum atomic E-state index is 5.77. The van der Waals surface area contributed by atoms with Crippen molar-refractivity contribution in [2.75, 3.05) is 0 Å². The third-order valence-corrected chi connectivity index (χ3v) is 2.13. The Hall–Kier alpha value is -1.47. The fraction of sp³-hybridized carbons (Fsp3) is 0. The zero-order chi connectivity index (χ0) is 9.80. The summed E-state index contributed by atoms with van der Waals surface area (Å²) in [5.41, 5.74) is 2.18. The monoisotopic (exact) mass is 204 g/mol. The molecule has 1 nitrogen and oxygen atoms in total. The highest BCUT2D eigenvalue weighted by molar-refractivity contribution is 6.30. The van der Waals surface area contributed by atoms with Crippen LogP contribution in [-0.2, 0) is 0 Å². The normalized spacial score (nSPS) is 10.9. The zero-order valence-corrected chi connectivity index (χ0v) is 8.24. The second-order valence-corrected chi connectivity index (χ2v) is 3.38. The smallest absolute Gasteiger partial charge is 0.0974 e. The van der Waals surface area contributed by atoms with Crippen LogP contribution in [0, 0.1) is 0 Å². The van der Waals surface area contributed by atoms with Gasteiger partial charge < -0.3 is 4.42 Å². The van der Waals surface area contributed by atoms with Gasteiger partial charge in [0.15, 0.2) is 0 Å². The second kappa shape index (κ2) is 4.16. The maximum Gasteiger partial charge on any atom is 0.0974 e. The molecule has 0 atom stereocenters. The molecule has 2 rings (SSSR count). The topological polar surface area (TPSA) is 13.1 Å². The van der Waals surface area contributed by atoms with Gasteiger partial charge in [-0.2, -0.15) is 0 Å². The third-order valence-electron chi connectivity index (χ3n) is 1.88. The van der Waals surface area contributed by atoms with Crippen LogP contribution in [0.4, 0.5) is 0 Å². The summed E-state index contributed by atoms with van der Waals surface area (Å²) < 4.78 is 4.95. The van der Waals surface area contributed by atoms with Crippen molar-refractivity contribution in [1.29, 1.82) is 0 Å². The zero-order valence-electron chi connectivity index (χ0n) is 7.48. The number of benzene rings is 1. The van der Waals surface area contributed by atoms with E-state index in [9.17, 15) is 0 Å². The highest BCUT2D eigenvalue weighted by atomic mass is 35.5. The summed E-state index contributed by atoms with van der Waals surface area (Å²) in [4.78, 5) is 0. The van der Waals surface area contributed by atoms with Crippen LogP contribution in [0.2, 0.25) is 5.02 Å². The summed E-state index contributed by atoms with van der Waals surface area (Å²) in [6.07, 6.45) is 7.36.